The Hall–Kier alpha value is -1.63. The van der Waals surface area contributed by atoms with Crippen molar-refractivity contribution in [3.05, 3.63) is 34.1 Å². The minimum atomic E-state index is -1.07. The lowest BCUT2D eigenvalue weighted by molar-refractivity contribution is -0.142. The van der Waals surface area contributed by atoms with Crippen molar-refractivity contribution >= 4 is 29.2 Å². The monoisotopic (exact) mass is 302 g/mol. The summed E-state index contributed by atoms with van der Waals surface area (Å²) < 4.78 is 10.1. The highest BCUT2D eigenvalue weighted by molar-refractivity contribution is 6.35. The van der Waals surface area contributed by atoms with Gasteiger partial charge >= 0.3 is 5.97 Å². The summed E-state index contributed by atoms with van der Waals surface area (Å²) in [6, 6.07) is 4.85. The van der Waals surface area contributed by atoms with Gasteiger partial charge in [0.25, 0.3) is 0 Å². The molecule has 19 heavy (non-hydrogen) atoms. The standard InChI is InChI=1S/C11H8Cl2N2O4/c12-6-1-2-8(13)7(3-6)11-15-14-9(19-11)4-18-5-10(16)17/h1-3H,4-5H2,(H,16,17). The second kappa shape index (κ2) is 6.01. The molecule has 1 aromatic carbocycles. The summed E-state index contributed by atoms with van der Waals surface area (Å²) in [5.41, 5.74) is 0.506. The molecule has 100 valence electrons. The van der Waals surface area contributed by atoms with Crippen molar-refractivity contribution in [1.29, 1.82) is 0 Å². The van der Waals surface area contributed by atoms with Gasteiger partial charge in [0.2, 0.25) is 11.8 Å². The molecule has 0 aliphatic carbocycles. The maximum atomic E-state index is 10.3. The van der Waals surface area contributed by atoms with Crippen LogP contribution in [0.2, 0.25) is 10.0 Å². The van der Waals surface area contributed by atoms with Crippen LogP contribution < -0.4 is 0 Å². The van der Waals surface area contributed by atoms with E-state index >= 15 is 0 Å². The molecule has 0 fully saturated rings. The van der Waals surface area contributed by atoms with E-state index in [-0.39, 0.29) is 18.4 Å². The average molecular weight is 303 g/mol. The summed E-state index contributed by atoms with van der Waals surface area (Å²) in [6.07, 6.45) is 0. The number of nitrogens with zero attached hydrogens (tertiary/aromatic N) is 2. The Morgan fingerprint density at radius 1 is 1.37 bits per heavy atom. The van der Waals surface area contributed by atoms with Crippen LogP contribution in [-0.4, -0.2) is 27.9 Å². The second-order valence-electron chi connectivity index (χ2n) is 3.51. The zero-order chi connectivity index (χ0) is 13.8. The molecule has 0 aliphatic rings. The number of carboxylic acids is 1. The molecule has 2 rings (SSSR count). The van der Waals surface area contributed by atoms with Gasteiger partial charge in [0, 0.05) is 5.02 Å². The van der Waals surface area contributed by atoms with Gasteiger partial charge in [-0.05, 0) is 18.2 Å². The molecule has 0 saturated heterocycles. The summed E-state index contributed by atoms with van der Waals surface area (Å²) in [7, 11) is 0. The van der Waals surface area contributed by atoms with Gasteiger partial charge < -0.3 is 14.3 Å². The first kappa shape index (κ1) is 13.8. The molecule has 8 heteroatoms. The van der Waals surface area contributed by atoms with Gasteiger partial charge in [-0.15, -0.1) is 10.2 Å². The highest BCUT2D eigenvalue weighted by Gasteiger charge is 2.13. The summed E-state index contributed by atoms with van der Waals surface area (Å²) in [5, 5.41) is 16.9. The minimum Gasteiger partial charge on any atom is -0.480 e. The molecule has 0 radical (unpaired) electrons. The maximum Gasteiger partial charge on any atom is 0.329 e. The van der Waals surface area contributed by atoms with Crippen molar-refractivity contribution in [1.82, 2.24) is 10.2 Å². The van der Waals surface area contributed by atoms with Crippen LogP contribution in [0.4, 0.5) is 0 Å². The molecule has 0 aliphatic heterocycles. The Labute approximate surface area is 117 Å². The van der Waals surface area contributed by atoms with Gasteiger partial charge in [0.15, 0.2) is 0 Å². The maximum absolute atomic E-state index is 10.3. The molecule has 0 amide bonds. The Kier molecular flexibility index (Phi) is 4.36. The van der Waals surface area contributed by atoms with Crippen LogP contribution in [0.1, 0.15) is 5.89 Å². The Balaban J connectivity index is 2.12. The summed E-state index contributed by atoms with van der Waals surface area (Å²) in [5.74, 6) is -0.716. The van der Waals surface area contributed by atoms with E-state index in [1.54, 1.807) is 18.2 Å². The zero-order valence-corrected chi connectivity index (χ0v) is 11.0. The number of aliphatic carboxylic acids is 1. The molecule has 1 N–H and O–H groups in total. The number of hydrogen-bond acceptors (Lipinski definition) is 5. The molecule has 0 bridgehead atoms. The number of ether oxygens (including phenoxy) is 1. The van der Waals surface area contributed by atoms with Gasteiger partial charge in [0.05, 0.1) is 10.6 Å². The normalized spacial score (nSPS) is 10.6. The second-order valence-corrected chi connectivity index (χ2v) is 4.36. The highest BCUT2D eigenvalue weighted by Crippen LogP contribution is 2.29. The SMILES string of the molecule is O=C(O)COCc1nnc(-c2cc(Cl)ccc2Cl)o1. The van der Waals surface area contributed by atoms with Crippen LogP contribution in [-0.2, 0) is 16.1 Å². The van der Waals surface area contributed by atoms with Crippen molar-refractivity contribution in [2.45, 2.75) is 6.61 Å². The first-order valence-electron chi connectivity index (χ1n) is 5.13. The Bertz CT molecular complexity index is 600. The molecule has 0 atom stereocenters. The number of aromatic nitrogens is 2. The average Bonchev–Trinajstić information content (AvgIpc) is 2.80. The predicted octanol–water partition coefficient (Wildman–Crippen LogP) is 2.64. The topological polar surface area (TPSA) is 85.5 Å². The predicted molar refractivity (Wildman–Crippen MR) is 67.0 cm³/mol. The third-order valence-corrected chi connectivity index (χ3v) is 2.64. The van der Waals surface area contributed by atoms with Crippen LogP contribution in [0.25, 0.3) is 11.5 Å². The third-order valence-electron chi connectivity index (χ3n) is 2.08. The van der Waals surface area contributed by atoms with Crippen LogP contribution >= 0.6 is 23.2 Å². The van der Waals surface area contributed by atoms with Crippen molar-refractivity contribution in [3.8, 4) is 11.5 Å². The van der Waals surface area contributed by atoms with Gasteiger partial charge in [0.1, 0.15) is 13.2 Å². The quantitative estimate of drug-likeness (QED) is 0.914. The Morgan fingerprint density at radius 2 is 2.16 bits per heavy atom. The summed E-state index contributed by atoms with van der Waals surface area (Å²) in [4.78, 5) is 10.3. The number of carboxylic acid groups (broad SMARTS) is 1. The molecule has 0 unspecified atom stereocenters. The largest absolute Gasteiger partial charge is 0.480 e. The molecule has 0 spiro atoms. The lowest BCUT2D eigenvalue weighted by atomic mass is 10.2. The van der Waals surface area contributed by atoms with E-state index in [0.717, 1.165) is 0 Å². The number of hydrogen-bond donors (Lipinski definition) is 1. The van der Waals surface area contributed by atoms with Crippen LogP contribution in [0.3, 0.4) is 0 Å². The van der Waals surface area contributed by atoms with Crippen LogP contribution in [0.5, 0.6) is 0 Å². The molecular weight excluding hydrogens is 295 g/mol. The third kappa shape index (κ3) is 3.66. The molecule has 6 nitrogen and oxygen atoms in total. The fourth-order valence-corrected chi connectivity index (χ4v) is 1.68. The van der Waals surface area contributed by atoms with Crippen molar-refractivity contribution < 1.29 is 19.1 Å². The van der Waals surface area contributed by atoms with Crippen molar-refractivity contribution in [2.75, 3.05) is 6.61 Å². The van der Waals surface area contributed by atoms with E-state index in [1.807, 2.05) is 0 Å². The number of benzene rings is 1. The summed E-state index contributed by atoms with van der Waals surface area (Å²) in [6.45, 7) is -0.521. The molecule has 0 saturated carbocycles. The number of carbonyl (C=O) groups is 1. The number of rotatable bonds is 5. The van der Waals surface area contributed by atoms with E-state index in [9.17, 15) is 4.79 Å². The Morgan fingerprint density at radius 3 is 2.89 bits per heavy atom. The van der Waals surface area contributed by atoms with Crippen molar-refractivity contribution in [2.24, 2.45) is 0 Å². The van der Waals surface area contributed by atoms with Gasteiger partial charge in [-0.1, -0.05) is 23.2 Å². The van der Waals surface area contributed by atoms with E-state index in [2.05, 4.69) is 10.2 Å². The lowest BCUT2D eigenvalue weighted by Crippen LogP contribution is -2.06. The fourth-order valence-electron chi connectivity index (χ4n) is 1.31. The fraction of sp³-hybridized carbons (Fsp3) is 0.182. The van der Waals surface area contributed by atoms with Crippen LogP contribution in [0.15, 0.2) is 22.6 Å². The van der Waals surface area contributed by atoms with E-state index in [0.29, 0.717) is 15.6 Å². The van der Waals surface area contributed by atoms with E-state index < -0.39 is 12.6 Å². The highest BCUT2D eigenvalue weighted by atomic mass is 35.5. The lowest BCUT2D eigenvalue weighted by Gasteiger charge is -1.99. The minimum absolute atomic E-state index is 0.0858. The summed E-state index contributed by atoms with van der Waals surface area (Å²) >= 11 is 11.8. The van der Waals surface area contributed by atoms with Gasteiger partial charge in [-0.25, -0.2) is 4.79 Å². The number of halogens is 2. The molecule has 2 aromatic rings. The van der Waals surface area contributed by atoms with Gasteiger partial charge in [-0.2, -0.15) is 0 Å². The van der Waals surface area contributed by atoms with Crippen LogP contribution in [0, 0.1) is 0 Å². The van der Waals surface area contributed by atoms with Gasteiger partial charge in [-0.3, -0.25) is 0 Å². The molecule has 1 aromatic heterocycles. The smallest absolute Gasteiger partial charge is 0.329 e. The van der Waals surface area contributed by atoms with E-state index in [1.165, 1.54) is 0 Å². The zero-order valence-electron chi connectivity index (χ0n) is 9.47. The molecule has 1 heterocycles. The first-order chi connectivity index (χ1) is 9.06. The molecular formula is C11H8Cl2N2O4. The van der Waals surface area contributed by atoms with E-state index in [4.69, 9.17) is 37.5 Å². The van der Waals surface area contributed by atoms with Crippen molar-refractivity contribution in [3.63, 3.8) is 0 Å². The first-order valence-corrected chi connectivity index (χ1v) is 5.89.